The summed E-state index contributed by atoms with van der Waals surface area (Å²) in [5.74, 6) is -0.598. The summed E-state index contributed by atoms with van der Waals surface area (Å²) in [6.07, 6.45) is 1.61. The Morgan fingerprint density at radius 3 is 2.50 bits per heavy atom. The molecular weight excluding hydrogens is 308 g/mol. The maximum atomic E-state index is 12.1. The first-order valence-electron chi connectivity index (χ1n) is 7.16. The van der Waals surface area contributed by atoms with E-state index in [4.69, 9.17) is 4.74 Å². The number of ether oxygens (including phenoxy) is 1. The van der Waals surface area contributed by atoms with Gasteiger partial charge in [0, 0.05) is 11.8 Å². The molecule has 0 saturated heterocycles. The summed E-state index contributed by atoms with van der Waals surface area (Å²) >= 11 is 0. The number of carboxylic acid groups (broad SMARTS) is 1. The molecule has 3 aromatic rings. The van der Waals surface area contributed by atoms with Gasteiger partial charge in [-0.05, 0) is 35.9 Å². The zero-order chi connectivity index (χ0) is 17.1. The molecule has 1 aromatic carbocycles. The fraction of sp³-hybridized carbons (Fsp3) is 0.0556. The van der Waals surface area contributed by atoms with Crippen LogP contribution in [0.2, 0.25) is 0 Å². The van der Waals surface area contributed by atoms with Crippen LogP contribution in [0.3, 0.4) is 0 Å². The van der Waals surface area contributed by atoms with Gasteiger partial charge >= 0.3 is 5.97 Å². The Morgan fingerprint density at radius 1 is 1.17 bits per heavy atom. The standard InChI is InChI=1S/C18H14N2O4/c1-24-12-7-5-11(6-8-12)13-10-14(18(22)23)17(21)20-16(13)15-4-2-3-9-19-15/h2-10H,1H3,(H,20,21)(H,22,23). The van der Waals surface area contributed by atoms with Crippen LogP contribution >= 0.6 is 0 Å². The Balaban J connectivity index is 2.26. The Kier molecular flexibility index (Phi) is 4.11. The Hall–Kier alpha value is -3.41. The Morgan fingerprint density at radius 2 is 1.92 bits per heavy atom. The van der Waals surface area contributed by atoms with Crippen molar-refractivity contribution in [1.82, 2.24) is 9.97 Å². The molecule has 0 aliphatic rings. The molecule has 0 amide bonds. The van der Waals surface area contributed by atoms with E-state index in [9.17, 15) is 14.7 Å². The summed E-state index contributed by atoms with van der Waals surface area (Å²) in [6.45, 7) is 0. The molecule has 0 aliphatic carbocycles. The lowest BCUT2D eigenvalue weighted by Crippen LogP contribution is -2.18. The predicted octanol–water partition coefficient (Wildman–Crippen LogP) is 2.81. The summed E-state index contributed by atoms with van der Waals surface area (Å²) in [5, 5.41) is 9.23. The number of aromatic nitrogens is 2. The van der Waals surface area contributed by atoms with E-state index in [1.807, 2.05) is 0 Å². The molecule has 24 heavy (non-hydrogen) atoms. The molecule has 0 bridgehead atoms. The van der Waals surface area contributed by atoms with Gasteiger partial charge in [0.05, 0.1) is 18.5 Å². The molecule has 6 heteroatoms. The van der Waals surface area contributed by atoms with Crippen LogP contribution in [-0.4, -0.2) is 28.2 Å². The largest absolute Gasteiger partial charge is 0.497 e. The van der Waals surface area contributed by atoms with E-state index >= 15 is 0 Å². The van der Waals surface area contributed by atoms with E-state index in [0.717, 1.165) is 5.56 Å². The molecule has 0 fully saturated rings. The topological polar surface area (TPSA) is 92.3 Å². The third-order valence-electron chi connectivity index (χ3n) is 3.59. The summed E-state index contributed by atoms with van der Waals surface area (Å²) in [7, 11) is 1.57. The number of aromatic amines is 1. The number of hydrogen-bond acceptors (Lipinski definition) is 4. The molecule has 120 valence electrons. The molecule has 2 heterocycles. The van der Waals surface area contributed by atoms with Crippen molar-refractivity contribution in [2.75, 3.05) is 7.11 Å². The lowest BCUT2D eigenvalue weighted by atomic mass is 10.00. The van der Waals surface area contributed by atoms with E-state index in [2.05, 4.69) is 9.97 Å². The summed E-state index contributed by atoms with van der Waals surface area (Å²) in [4.78, 5) is 30.2. The van der Waals surface area contributed by atoms with Gasteiger partial charge < -0.3 is 14.8 Å². The highest BCUT2D eigenvalue weighted by Crippen LogP contribution is 2.30. The van der Waals surface area contributed by atoms with Crippen LogP contribution < -0.4 is 10.3 Å². The Labute approximate surface area is 137 Å². The highest BCUT2D eigenvalue weighted by molar-refractivity contribution is 5.91. The van der Waals surface area contributed by atoms with Crippen molar-refractivity contribution < 1.29 is 14.6 Å². The molecule has 0 saturated carbocycles. The minimum atomic E-state index is -1.28. The minimum absolute atomic E-state index is 0.319. The van der Waals surface area contributed by atoms with E-state index in [-0.39, 0.29) is 5.56 Å². The minimum Gasteiger partial charge on any atom is -0.497 e. The first-order chi connectivity index (χ1) is 11.6. The number of rotatable bonds is 4. The fourth-order valence-electron chi connectivity index (χ4n) is 2.40. The van der Waals surface area contributed by atoms with Crippen LogP contribution in [0.4, 0.5) is 0 Å². The second-order valence-corrected chi connectivity index (χ2v) is 5.05. The monoisotopic (exact) mass is 322 g/mol. The molecule has 0 unspecified atom stereocenters. The van der Waals surface area contributed by atoms with Crippen molar-refractivity contribution in [1.29, 1.82) is 0 Å². The second kappa shape index (κ2) is 6.37. The molecule has 2 N–H and O–H groups in total. The average Bonchev–Trinajstić information content (AvgIpc) is 2.62. The number of nitrogens with one attached hydrogen (secondary N) is 1. The summed E-state index contributed by atoms with van der Waals surface area (Å²) < 4.78 is 5.14. The van der Waals surface area contributed by atoms with E-state index in [0.29, 0.717) is 22.7 Å². The van der Waals surface area contributed by atoms with Gasteiger partial charge in [0.2, 0.25) is 0 Å². The first kappa shape index (κ1) is 15.5. The number of benzene rings is 1. The quantitative estimate of drug-likeness (QED) is 0.770. The highest BCUT2D eigenvalue weighted by atomic mass is 16.5. The number of pyridine rings is 2. The van der Waals surface area contributed by atoms with Crippen molar-refractivity contribution in [2.24, 2.45) is 0 Å². The molecule has 0 aliphatic heterocycles. The maximum absolute atomic E-state index is 12.1. The van der Waals surface area contributed by atoms with E-state index in [1.165, 1.54) is 6.07 Å². The number of nitrogens with zero attached hydrogens (tertiary/aromatic N) is 1. The number of H-pyrrole nitrogens is 1. The number of hydrogen-bond donors (Lipinski definition) is 2. The van der Waals surface area contributed by atoms with Gasteiger partial charge in [-0.25, -0.2) is 4.79 Å². The molecule has 0 spiro atoms. The highest BCUT2D eigenvalue weighted by Gasteiger charge is 2.16. The number of methoxy groups -OCH3 is 1. The molecule has 0 radical (unpaired) electrons. The summed E-state index contributed by atoms with van der Waals surface area (Å²) in [5.41, 5.74) is 1.36. The van der Waals surface area contributed by atoms with Gasteiger partial charge in [-0.15, -0.1) is 0 Å². The van der Waals surface area contributed by atoms with Gasteiger partial charge in [0.1, 0.15) is 11.3 Å². The molecule has 3 rings (SSSR count). The fourth-order valence-corrected chi connectivity index (χ4v) is 2.40. The molecule has 0 atom stereocenters. The van der Waals surface area contributed by atoms with Crippen molar-refractivity contribution in [3.05, 3.63) is 70.6 Å². The second-order valence-electron chi connectivity index (χ2n) is 5.05. The van der Waals surface area contributed by atoms with Gasteiger partial charge in [-0.1, -0.05) is 18.2 Å². The number of aromatic carboxylic acids is 1. The van der Waals surface area contributed by atoms with Crippen LogP contribution in [-0.2, 0) is 0 Å². The van der Waals surface area contributed by atoms with Crippen molar-refractivity contribution >= 4 is 5.97 Å². The maximum Gasteiger partial charge on any atom is 0.341 e. The van der Waals surface area contributed by atoms with Crippen molar-refractivity contribution in [3.63, 3.8) is 0 Å². The normalized spacial score (nSPS) is 10.4. The zero-order valence-corrected chi connectivity index (χ0v) is 12.8. The van der Waals surface area contributed by atoms with E-state index in [1.54, 1.807) is 55.8 Å². The van der Waals surface area contributed by atoms with Gasteiger partial charge in [-0.2, -0.15) is 0 Å². The third-order valence-corrected chi connectivity index (χ3v) is 3.59. The van der Waals surface area contributed by atoms with Crippen LogP contribution in [0.5, 0.6) is 5.75 Å². The predicted molar refractivity (Wildman–Crippen MR) is 89.2 cm³/mol. The molecular formula is C18H14N2O4. The van der Waals surface area contributed by atoms with Gasteiger partial charge in [0.25, 0.3) is 5.56 Å². The SMILES string of the molecule is COc1ccc(-c2cc(C(=O)O)c(=O)[nH]c2-c2ccccn2)cc1. The van der Waals surface area contributed by atoms with E-state index < -0.39 is 11.5 Å². The smallest absolute Gasteiger partial charge is 0.341 e. The lowest BCUT2D eigenvalue weighted by molar-refractivity contribution is 0.0695. The molecule has 6 nitrogen and oxygen atoms in total. The summed E-state index contributed by atoms with van der Waals surface area (Å²) in [6, 6.07) is 13.8. The van der Waals surface area contributed by atoms with Crippen molar-refractivity contribution in [3.8, 4) is 28.3 Å². The number of carbonyl (C=O) groups is 1. The number of carboxylic acids is 1. The Bertz CT molecular complexity index is 931. The van der Waals surface area contributed by atoms with Gasteiger partial charge in [0.15, 0.2) is 0 Å². The van der Waals surface area contributed by atoms with Crippen LogP contribution in [0.25, 0.3) is 22.5 Å². The van der Waals surface area contributed by atoms with Crippen LogP contribution in [0.15, 0.2) is 59.5 Å². The lowest BCUT2D eigenvalue weighted by Gasteiger charge is -2.11. The molecule has 2 aromatic heterocycles. The third kappa shape index (κ3) is 2.89. The van der Waals surface area contributed by atoms with Gasteiger partial charge in [-0.3, -0.25) is 9.78 Å². The zero-order valence-electron chi connectivity index (χ0n) is 12.8. The first-order valence-corrected chi connectivity index (χ1v) is 7.16. The van der Waals surface area contributed by atoms with Crippen LogP contribution in [0.1, 0.15) is 10.4 Å². The van der Waals surface area contributed by atoms with Crippen LogP contribution in [0, 0.1) is 0 Å². The van der Waals surface area contributed by atoms with Crippen molar-refractivity contribution in [2.45, 2.75) is 0 Å². The average molecular weight is 322 g/mol.